The quantitative estimate of drug-likeness (QED) is 0.272. The van der Waals surface area contributed by atoms with Crippen molar-refractivity contribution in [2.75, 3.05) is 31.1 Å². The van der Waals surface area contributed by atoms with Gasteiger partial charge in [-0.25, -0.2) is 0 Å². The zero-order chi connectivity index (χ0) is 29.4. The predicted octanol–water partition coefficient (Wildman–Crippen LogP) is 4.48. The summed E-state index contributed by atoms with van der Waals surface area (Å²) in [6, 6.07) is 4.67. The maximum Gasteiger partial charge on any atom is 0.251 e. The molecule has 3 heterocycles. The molecule has 0 saturated carbocycles. The fourth-order valence-electron chi connectivity index (χ4n) is 6.96. The summed E-state index contributed by atoms with van der Waals surface area (Å²) < 4.78 is -0.779. The van der Waals surface area contributed by atoms with Crippen molar-refractivity contribution in [1.29, 1.82) is 0 Å². The van der Waals surface area contributed by atoms with E-state index in [1.165, 1.54) is 0 Å². The van der Waals surface area contributed by atoms with Gasteiger partial charge in [0.05, 0.1) is 29.2 Å². The number of aliphatic hydroxyl groups excluding tert-OH is 1. The van der Waals surface area contributed by atoms with E-state index >= 15 is 0 Å². The van der Waals surface area contributed by atoms with Crippen molar-refractivity contribution in [2.45, 2.75) is 73.9 Å². The van der Waals surface area contributed by atoms with Gasteiger partial charge in [-0.1, -0.05) is 54.1 Å². The second kappa shape index (κ2) is 12.4. The molecule has 40 heavy (non-hydrogen) atoms. The number of halogens is 1. The van der Waals surface area contributed by atoms with Crippen LogP contribution in [0.25, 0.3) is 0 Å². The molecular weight excluding hydrogens is 590 g/mol. The third-order valence-electron chi connectivity index (χ3n) is 8.71. The normalized spacial score (nSPS) is 29.3. The van der Waals surface area contributed by atoms with E-state index in [0.717, 1.165) is 23.2 Å². The van der Waals surface area contributed by atoms with Crippen LogP contribution in [-0.4, -0.2) is 85.8 Å². The number of hydrogen-bond acceptors (Lipinski definition) is 5. The van der Waals surface area contributed by atoms with E-state index in [1.807, 2.05) is 45.9 Å². The summed E-state index contributed by atoms with van der Waals surface area (Å²) in [5.74, 6) is -1.61. The van der Waals surface area contributed by atoms with Gasteiger partial charge in [-0.15, -0.1) is 24.9 Å². The second-order valence-corrected chi connectivity index (χ2v) is 14.0. The molecule has 9 heteroatoms. The van der Waals surface area contributed by atoms with E-state index in [2.05, 4.69) is 29.1 Å². The summed E-state index contributed by atoms with van der Waals surface area (Å²) in [7, 11) is 0. The van der Waals surface area contributed by atoms with Gasteiger partial charge >= 0.3 is 0 Å². The molecule has 2 bridgehead atoms. The lowest BCUT2D eigenvalue weighted by Crippen LogP contribution is -2.58. The number of hydrogen-bond donors (Lipinski definition) is 1. The van der Waals surface area contributed by atoms with Crippen molar-refractivity contribution >= 4 is 51.1 Å². The van der Waals surface area contributed by atoms with Crippen LogP contribution in [-0.2, 0) is 14.4 Å². The Morgan fingerprint density at radius 3 is 2.52 bits per heavy atom. The molecule has 218 valence electrons. The number of aryl methyl sites for hydroxylation is 2. The van der Waals surface area contributed by atoms with Gasteiger partial charge in [0.2, 0.25) is 11.8 Å². The minimum Gasteiger partial charge on any atom is -0.394 e. The van der Waals surface area contributed by atoms with Crippen molar-refractivity contribution in [2.24, 2.45) is 11.8 Å². The molecule has 7 nitrogen and oxygen atoms in total. The standard InChI is InChI=1S/C31H42BrN3O4S/c1-7-13-33(14-8-2)28(37)24-25-29(38)35(21(10-4)18-36)27(31(25)17-22(32)26(24)40-31)30(39)34(15-9-3)23-16-19(5)11-12-20(23)6/h7,9,11-12,16,21-22,24-27,36H,1,3,8,10,13-15,17-18H2,2,4-6H3/t21-,22?,24-,25-,26-,27?,31?/m0/s1. The first kappa shape index (κ1) is 30.8. The van der Waals surface area contributed by atoms with Crippen LogP contribution in [0.5, 0.6) is 0 Å². The summed E-state index contributed by atoms with van der Waals surface area (Å²) in [6.07, 6.45) is 5.33. The van der Waals surface area contributed by atoms with Crippen molar-refractivity contribution in [1.82, 2.24) is 9.80 Å². The fraction of sp³-hybridized carbons (Fsp3) is 0.581. The molecule has 1 N–H and O–H groups in total. The zero-order valence-electron chi connectivity index (χ0n) is 24.0. The molecule has 3 aliphatic rings. The third-order valence-corrected chi connectivity index (χ3v) is 11.9. The summed E-state index contributed by atoms with van der Waals surface area (Å²) >= 11 is 5.48. The zero-order valence-corrected chi connectivity index (χ0v) is 26.4. The smallest absolute Gasteiger partial charge is 0.251 e. The molecule has 1 spiro atoms. The molecule has 0 radical (unpaired) electrons. The lowest BCUT2D eigenvalue weighted by Gasteiger charge is -2.40. The molecule has 3 aliphatic heterocycles. The molecule has 3 amide bonds. The molecule has 1 aromatic rings. The highest BCUT2D eigenvalue weighted by molar-refractivity contribution is 9.09. The first-order valence-electron chi connectivity index (χ1n) is 14.3. The highest BCUT2D eigenvalue weighted by Gasteiger charge is 2.76. The number of nitrogens with zero attached hydrogens (tertiary/aromatic N) is 3. The highest BCUT2D eigenvalue weighted by Crippen LogP contribution is 2.68. The van der Waals surface area contributed by atoms with Crippen molar-refractivity contribution in [3.63, 3.8) is 0 Å². The maximum absolute atomic E-state index is 14.8. The number of fused-ring (bicyclic) bond motifs is 1. The molecule has 3 fully saturated rings. The summed E-state index contributed by atoms with van der Waals surface area (Å²) in [6.45, 7) is 16.7. The van der Waals surface area contributed by atoms with E-state index in [1.54, 1.807) is 38.6 Å². The van der Waals surface area contributed by atoms with Gasteiger partial charge in [0.1, 0.15) is 6.04 Å². The number of anilines is 1. The molecule has 0 aromatic heterocycles. The van der Waals surface area contributed by atoms with Crippen LogP contribution >= 0.6 is 27.7 Å². The van der Waals surface area contributed by atoms with Crippen molar-refractivity contribution in [3.8, 4) is 0 Å². The Bertz CT molecular complexity index is 1170. The van der Waals surface area contributed by atoms with Crippen molar-refractivity contribution in [3.05, 3.63) is 54.6 Å². The Kier molecular flexibility index (Phi) is 9.57. The Morgan fingerprint density at radius 1 is 1.23 bits per heavy atom. The van der Waals surface area contributed by atoms with E-state index in [4.69, 9.17) is 0 Å². The van der Waals surface area contributed by atoms with Gasteiger partial charge in [0.25, 0.3) is 5.91 Å². The first-order valence-corrected chi connectivity index (χ1v) is 16.0. The Balaban J connectivity index is 1.86. The average molecular weight is 633 g/mol. The number of alkyl halides is 1. The Morgan fingerprint density at radius 2 is 1.93 bits per heavy atom. The van der Waals surface area contributed by atoms with E-state index in [0.29, 0.717) is 25.9 Å². The van der Waals surface area contributed by atoms with E-state index < -0.39 is 28.7 Å². The van der Waals surface area contributed by atoms with Crippen LogP contribution in [0.1, 0.15) is 44.2 Å². The SMILES string of the molecule is C=CCN(CCC)C(=O)[C@H]1[C@H]2C(=O)N([C@@H](CC)CO)C(C(=O)N(CC=C)c3cc(C)ccc3C)C23CC(Br)[C@@H]1S3. The van der Waals surface area contributed by atoms with Crippen LogP contribution in [0.4, 0.5) is 5.69 Å². The Labute approximate surface area is 251 Å². The average Bonchev–Trinajstić information content (AvgIpc) is 3.52. The third kappa shape index (κ3) is 4.96. The first-order chi connectivity index (χ1) is 19.1. The second-order valence-electron chi connectivity index (χ2n) is 11.3. The van der Waals surface area contributed by atoms with Gasteiger partial charge in [-0.2, -0.15) is 0 Å². The topological polar surface area (TPSA) is 81.2 Å². The highest BCUT2D eigenvalue weighted by atomic mass is 79.9. The molecular formula is C31H42BrN3O4S. The van der Waals surface area contributed by atoms with Gasteiger partial charge in [0.15, 0.2) is 0 Å². The number of rotatable bonds is 12. The Hall–Kier alpha value is -2.10. The molecule has 4 rings (SSSR count). The monoisotopic (exact) mass is 631 g/mol. The predicted molar refractivity (Wildman–Crippen MR) is 166 cm³/mol. The van der Waals surface area contributed by atoms with Gasteiger partial charge in [-0.3, -0.25) is 14.4 Å². The lowest BCUT2D eigenvalue weighted by molar-refractivity contribution is -0.145. The van der Waals surface area contributed by atoms with Gasteiger partial charge in [0, 0.05) is 35.4 Å². The minimum atomic E-state index is -0.811. The number of amides is 3. The number of aliphatic hydroxyl groups is 1. The van der Waals surface area contributed by atoms with Crippen LogP contribution in [0.2, 0.25) is 0 Å². The van der Waals surface area contributed by atoms with Gasteiger partial charge < -0.3 is 19.8 Å². The number of benzene rings is 1. The molecule has 1 aromatic carbocycles. The van der Waals surface area contributed by atoms with Crippen LogP contribution in [0.3, 0.4) is 0 Å². The number of thioether (sulfide) groups is 1. The maximum atomic E-state index is 14.8. The molecule has 7 atom stereocenters. The van der Waals surface area contributed by atoms with Crippen LogP contribution < -0.4 is 4.90 Å². The van der Waals surface area contributed by atoms with E-state index in [-0.39, 0.29) is 41.0 Å². The van der Waals surface area contributed by atoms with E-state index in [9.17, 15) is 19.5 Å². The van der Waals surface area contributed by atoms with Crippen LogP contribution in [0.15, 0.2) is 43.5 Å². The van der Waals surface area contributed by atoms with Crippen molar-refractivity contribution < 1.29 is 19.5 Å². The van der Waals surface area contributed by atoms with Gasteiger partial charge in [-0.05, 0) is 50.3 Å². The lowest BCUT2D eigenvalue weighted by atomic mass is 9.70. The molecule has 3 saturated heterocycles. The number of likely N-dealkylation sites (tertiary alicyclic amines) is 1. The summed E-state index contributed by atoms with van der Waals surface area (Å²) in [5, 5.41) is 10.3. The largest absolute Gasteiger partial charge is 0.394 e. The molecule has 3 unspecified atom stereocenters. The number of carbonyl (C=O) groups excluding carboxylic acids is 3. The minimum absolute atomic E-state index is 0.0132. The number of carbonyl (C=O) groups is 3. The van der Waals surface area contributed by atoms with Crippen LogP contribution in [0, 0.1) is 25.7 Å². The summed E-state index contributed by atoms with van der Waals surface area (Å²) in [4.78, 5) is 48.5. The fourth-order valence-corrected chi connectivity index (χ4v) is 10.5. The molecule has 0 aliphatic carbocycles. The summed E-state index contributed by atoms with van der Waals surface area (Å²) in [5.41, 5.74) is 2.77.